The van der Waals surface area contributed by atoms with Crippen molar-refractivity contribution in [3.05, 3.63) is 29.6 Å². The first kappa shape index (κ1) is 12.6. The number of thiocarbonyl (C=S) groups is 1. The van der Waals surface area contributed by atoms with Gasteiger partial charge < -0.3 is 10.5 Å². The molecule has 2 amide bonds. The number of carbonyl (C=O) groups is 2. The van der Waals surface area contributed by atoms with Crippen LogP contribution in [0.15, 0.2) is 18.3 Å². The van der Waals surface area contributed by atoms with Gasteiger partial charge in [-0.15, -0.1) is 0 Å². The predicted octanol–water partition coefficient (Wildman–Crippen LogP) is -0.399. The van der Waals surface area contributed by atoms with Crippen LogP contribution in [-0.2, 0) is 20.9 Å². The molecule has 1 aromatic rings. The summed E-state index contributed by atoms with van der Waals surface area (Å²) in [6, 6.07) is 3.43. The fourth-order valence-electron chi connectivity index (χ4n) is 1.66. The van der Waals surface area contributed by atoms with Gasteiger partial charge in [0.2, 0.25) is 0 Å². The van der Waals surface area contributed by atoms with Crippen molar-refractivity contribution in [2.45, 2.75) is 6.54 Å². The van der Waals surface area contributed by atoms with Crippen molar-refractivity contribution in [3.63, 3.8) is 0 Å². The van der Waals surface area contributed by atoms with Gasteiger partial charge in [-0.3, -0.25) is 19.5 Å². The Morgan fingerprint density at radius 2 is 2.11 bits per heavy atom. The van der Waals surface area contributed by atoms with Crippen LogP contribution in [0.4, 0.5) is 0 Å². The molecule has 0 atom stereocenters. The molecule has 2 rings (SSSR count). The fourth-order valence-corrected chi connectivity index (χ4v) is 1.84. The maximum atomic E-state index is 11.6. The van der Waals surface area contributed by atoms with E-state index in [2.05, 4.69) is 4.98 Å². The molecule has 2 N–H and O–H groups in total. The number of hydrogen-bond acceptors (Lipinski definition) is 5. The zero-order valence-electron chi connectivity index (χ0n) is 9.46. The lowest BCUT2D eigenvalue weighted by atomic mass is 10.1. The predicted molar refractivity (Wildman–Crippen MR) is 66.5 cm³/mol. The van der Waals surface area contributed by atoms with Crippen molar-refractivity contribution in [3.8, 4) is 0 Å². The minimum atomic E-state index is -0.371. The molecule has 0 bridgehead atoms. The zero-order valence-corrected chi connectivity index (χ0v) is 10.3. The van der Waals surface area contributed by atoms with Crippen LogP contribution in [0, 0.1) is 0 Å². The zero-order chi connectivity index (χ0) is 13.1. The number of ether oxygens (including phenoxy) is 1. The summed E-state index contributed by atoms with van der Waals surface area (Å²) in [5.74, 6) is -0.743. The number of rotatable bonds is 3. The minimum Gasteiger partial charge on any atom is -0.388 e. The van der Waals surface area contributed by atoms with Crippen LogP contribution in [0.25, 0.3) is 0 Å². The number of aromatic nitrogens is 1. The third-order valence-corrected chi connectivity index (χ3v) is 2.70. The van der Waals surface area contributed by atoms with E-state index < -0.39 is 0 Å². The Labute approximate surface area is 109 Å². The van der Waals surface area contributed by atoms with E-state index in [0.717, 1.165) is 4.90 Å². The number of amides is 2. The van der Waals surface area contributed by atoms with Crippen molar-refractivity contribution in [2.75, 3.05) is 13.2 Å². The van der Waals surface area contributed by atoms with Gasteiger partial charge in [-0.25, -0.2) is 0 Å². The van der Waals surface area contributed by atoms with Gasteiger partial charge in [0, 0.05) is 11.8 Å². The number of pyridine rings is 1. The summed E-state index contributed by atoms with van der Waals surface area (Å²) in [5, 5.41) is 0. The monoisotopic (exact) mass is 265 g/mol. The van der Waals surface area contributed by atoms with Gasteiger partial charge in [-0.2, -0.15) is 0 Å². The largest absolute Gasteiger partial charge is 0.388 e. The van der Waals surface area contributed by atoms with Crippen LogP contribution in [-0.4, -0.2) is 39.9 Å². The number of nitrogens with two attached hydrogens (primary N) is 1. The molecule has 0 spiro atoms. The highest BCUT2D eigenvalue weighted by Gasteiger charge is 2.27. The molecule has 0 saturated carbocycles. The van der Waals surface area contributed by atoms with Crippen LogP contribution in [0.5, 0.6) is 0 Å². The van der Waals surface area contributed by atoms with Crippen molar-refractivity contribution < 1.29 is 14.3 Å². The molecule has 0 aromatic carbocycles. The van der Waals surface area contributed by atoms with Crippen LogP contribution >= 0.6 is 12.2 Å². The van der Waals surface area contributed by atoms with E-state index in [9.17, 15) is 9.59 Å². The number of carbonyl (C=O) groups excluding carboxylic acids is 2. The molecule has 1 fully saturated rings. The molecule has 2 heterocycles. The second-order valence-electron chi connectivity index (χ2n) is 3.74. The van der Waals surface area contributed by atoms with Crippen molar-refractivity contribution in [2.24, 2.45) is 5.73 Å². The standard InChI is InChI=1S/C11H11N3O3S/c12-11(18)10-7(2-1-3-13-10)4-14-8(15)5-17-6-9(14)16/h1-3H,4-6H2,(H2,12,18). The van der Waals surface area contributed by atoms with E-state index in [1.165, 1.54) is 0 Å². The molecule has 18 heavy (non-hydrogen) atoms. The minimum absolute atomic E-state index is 0.0889. The maximum Gasteiger partial charge on any atom is 0.255 e. The molecule has 0 aliphatic carbocycles. The number of imide groups is 1. The average Bonchev–Trinajstić information content (AvgIpc) is 2.34. The number of nitrogens with zero attached hydrogens (tertiary/aromatic N) is 2. The first-order valence-electron chi connectivity index (χ1n) is 5.24. The fraction of sp³-hybridized carbons (Fsp3) is 0.273. The summed E-state index contributed by atoms with van der Waals surface area (Å²) in [6.07, 6.45) is 1.56. The van der Waals surface area contributed by atoms with Crippen LogP contribution in [0.2, 0.25) is 0 Å². The lowest BCUT2D eigenvalue weighted by Crippen LogP contribution is -2.45. The lowest BCUT2D eigenvalue weighted by Gasteiger charge is -2.25. The van der Waals surface area contributed by atoms with E-state index in [-0.39, 0.29) is 36.6 Å². The van der Waals surface area contributed by atoms with E-state index in [1.54, 1.807) is 18.3 Å². The first-order valence-corrected chi connectivity index (χ1v) is 5.65. The van der Waals surface area contributed by atoms with Gasteiger partial charge in [0.1, 0.15) is 23.9 Å². The summed E-state index contributed by atoms with van der Waals surface area (Å²) >= 11 is 4.88. The van der Waals surface area contributed by atoms with Gasteiger partial charge >= 0.3 is 0 Å². The van der Waals surface area contributed by atoms with Crippen LogP contribution in [0.1, 0.15) is 11.3 Å². The Hall–Kier alpha value is -1.86. The smallest absolute Gasteiger partial charge is 0.255 e. The highest BCUT2D eigenvalue weighted by Crippen LogP contribution is 2.12. The molecule has 0 radical (unpaired) electrons. The number of morpholine rings is 1. The highest BCUT2D eigenvalue weighted by molar-refractivity contribution is 7.80. The van der Waals surface area contributed by atoms with E-state index in [0.29, 0.717) is 11.3 Å². The molecular formula is C11H11N3O3S. The lowest BCUT2D eigenvalue weighted by molar-refractivity contribution is -0.159. The average molecular weight is 265 g/mol. The third kappa shape index (κ3) is 2.52. The topological polar surface area (TPSA) is 85.5 Å². The summed E-state index contributed by atoms with van der Waals surface area (Å²) in [7, 11) is 0. The summed E-state index contributed by atoms with van der Waals surface area (Å²) in [6.45, 7) is -0.0651. The van der Waals surface area contributed by atoms with E-state index in [1.807, 2.05) is 0 Å². The molecule has 7 heteroatoms. The van der Waals surface area contributed by atoms with Gasteiger partial charge in [0.05, 0.1) is 6.54 Å². The SMILES string of the molecule is NC(=S)c1ncccc1CN1C(=O)COCC1=O. The summed E-state index contributed by atoms with van der Waals surface area (Å²) < 4.78 is 4.83. The van der Waals surface area contributed by atoms with Crippen molar-refractivity contribution >= 4 is 29.0 Å². The Morgan fingerprint density at radius 3 is 2.72 bits per heavy atom. The molecule has 94 valence electrons. The van der Waals surface area contributed by atoms with E-state index in [4.69, 9.17) is 22.7 Å². The van der Waals surface area contributed by atoms with Gasteiger partial charge in [-0.1, -0.05) is 18.3 Å². The van der Waals surface area contributed by atoms with Crippen molar-refractivity contribution in [1.29, 1.82) is 0 Å². The Morgan fingerprint density at radius 1 is 1.44 bits per heavy atom. The Balaban J connectivity index is 2.25. The van der Waals surface area contributed by atoms with E-state index >= 15 is 0 Å². The van der Waals surface area contributed by atoms with Gasteiger partial charge in [-0.05, 0) is 6.07 Å². The molecule has 1 aliphatic heterocycles. The Bertz CT molecular complexity index is 502. The maximum absolute atomic E-state index is 11.6. The van der Waals surface area contributed by atoms with Crippen LogP contribution < -0.4 is 5.73 Å². The molecule has 1 aliphatic rings. The second kappa shape index (κ2) is 5.19. The second-order valence-corrected chi connectivity index (χ2v) is 4.18. The molecule has 1 saturated heterocycles. The summed E-state index contributed by atoms with van der Waals surface area (Å²) in [4.78, 5) is 28.5. The van der Waals surface area contributed by atoms with Crippen LogP contribution in [0.3, 0.4) is 0 Å². The molecule has 0 unspecified atom stereocenters. The quantitative estimate of drug-likeness (QED) is 0.591. The highest BCUT2D eigenvalue weighted by atomic mass is 32.1. The number of hydrogen-bond donors (Lipinski definition) is 1. The third-order valence-electron chi connectivity index (χ3n) is 2.51. The molecule has 1 aromatic heterocycles. The normalized spacial score (nSPS) is 15.9. The molecular weight excluding hydrogens is 254 g/mol. The van der Waals surface area contributed by atoms with Gasteiger partial charge in [0.15, 0.2) is 0 Å². The van der Waals surface area contributed by atoms with Crippen molar-refractivity contribution in [1.82, 2.24) is 9.88 Å². The van der Waals surface area contributed by atoms with Gasteiger partial charge in [0.25, 0.3) is 11.8 Å². The Kier molecular flexibility index (Phi) is 3.63. The summed E-state index contributed by atoms with van der Waals surface area (Å²) in [5.41, 5.74) is 6.62. The molecule has 6 nitrogen and oxygen atoms in total. The first-order chi connectivity index (χ1) is 8.59.